The molecule has 1 aliphatic rings. The molecule has 0 saturated carbocycles. The van der Waals surface area contributed by atoms with Gasteiger partial charge in [0.05, 0.1) is 6.54 Å². The molecule has 2 heterocycles. The summed E-state index contributed by atoms with van der Waals surface area (Å²) in [6, 6.07) is 1.79. The van der Waals surface area contributed by atoms with E-state index in [1.54, 1.807) is 11.0 Å². The van der Waals surface area contributed by atoms with Gasteiger partial charge in [0, 0.05) is 31.9 Å². The Labute approximate surface area is 116 Å². The molecule has 2 rings (SSSR count). The second-order valence-corrected chi connectivity index (χ2v) is 4.27. The van der Waals surface area contributed by atoms with Crippen LogP contribution in [-0.4, -0.2) is 46.6 Å². The van der Waals surface area contributed by atoms with Gasteiger partial charge in [-0.05, 0) is 0 Å². The number of nitrogens with zero attached hydrogens (tertiary/aromatic N) is 4. The highest BCUT2D eigenvalue weighted by atomic mass is 16.5. The lowest BCUT2D eigenvalue weighted by Gasteiger charge is -2.17. The quantitative estimate of drug-likeness (QED) is 0.815. The lowest BCUT2D eigenvalue weighted by atomic mass is 10.3. The molecule has 7 heteroatoms. The van der Waals surface area contributed by atoms with Crippen molar-refractivity contribution < 1.29 is 9.53 Å². The molecular formula is C13H15N5O2. The minimum atomic E-state index is -0.173. The Balaban J connectivity index is 1.92. The van der Waals surface area contributed by atoms with Gasteiger partial charge in [0.2, 0.25) is 5.69 Å². The molecule has 1 N–H and O–H groups in total. The molecule has 20 heavy (non-hydrogen) atoms. The number of carbonyl (C=O) groups is 1. The molecule has 104 valence electrons. The molecule has 2 amide bonds. The van der Waals surface area contributed by atoms with Gasteiger partial charge < -0.3 is 15.0 Å². The smallest absolute Gasteiger partial charge is 0.317 e. The predicted octanol–water partition coefficient (Wildman–Crippen LogP) is 0.697. The fourth-order valence-electron chi connectivity index (χ4n) is 1.93. The van der Waals surface area contributed by atoms with Crippen LogP contribution >= 0.6 is 0 Å². The first-order valence-corrected chi connectivity index (χ1v) is 6.26. The number of urea groups is 1. The molecule has 0 radical (unpaired) electrons. The van der Waals surface area contributed by atoms with Crippen LogP contribution in [0.3, 0.4) is 0 Å². The number of nitrogens with one attached hydrogen (secondary N) is 1. The van der Waals surface area contributed by atoms with Crippen molar-refractivity contribution in [2.75, 3.05) is 19.6 Å². The zero-order chi connectivity index (χ0) is 14.4. The van der Waals surface area contributed by atoms with Crippen molar-refractivity contribution in [2.45, 2.75) is 12.5 Å². The van der Waals surface area contributed by atoms with E-state index in [9.17, 15) is 4.79 Å². The van der Waals surface area contributed by atoms with Crippen molar-refractivity contribution in [3.63, 3.8) is 0 Å². The van der Waals surface area contributed by atoms with Gasteiger partial charge in [0.1, 0.15) is 12.2 Å². The van der Waals surface area contributed by atoms with E-state index < -0.39 is 0 Å². The second kappa shape index (κ2) is 6.52. The number of amides is 2. The van der Waals surface area contributed by atoms with Crippen molar-refractivity contribution in [3.8, 4) is 11.9 Å². The van der Waals surface area contributed by atoms with E-state index in [1.165, 1.54) is 12.4 Å². The molecule has 1 aromatic heterocycles. The van der Waals surface area contributed by atoms with Crippen molar-refractivity contribution in [1.29, 1.82) is 5.26 Å². The van der Waals surface area contributed by atoms with Crippen LogP contribution in [0.4, 0.5) is 4.79 Å². The summed E-state index contributed by atoms with van der Waals surface area (Å²) in [4.78, 5) is 21.3. The summed E-state index contributed by atoms with van der Waals surface area (Å²) in [5.41, 5.74) is 0.155. The van der Waals surface area contributed by atoms with Gasteiger partial charge in [0.15, 0.2) is 0 Å². The third kappa shape index (κ3) is 3.23. The third-order valence-corrected chi connectivity index (χ3v) is 2.88. The number of nitriles is 1. The monoisotopic (exact) mass is 273 g/mol. The molecule has 1 saturated heterocycles. The first-order chi connectivity index (χ1) is 9.74. The number of rotatable bonds is 4. The first-order valence-electron chi connectivity index (χ1n) is 6.26. The number of hydrogen-bond donors (Lipinski definition) is 1. The molecule has 0 bridgehead atoms. The predicted molar refractivity (Wildman–Crippen MR) is 70.9 cm³/mol. The molecule has 1 unspecified atom stereocenters. The number of carbonyl (C=O) groups excluding carboxylic acids is 1. The zero-order valence-electron chi connectivity index (χ0n) is 11.0. The van der Waals surface area contributed by atoms with Crippen LogP contribution in [-0.2, 0) is 0 Å². The lowest BCUT2D eigenvalue weighted by Crippen LogP contribution is -2.39. The first kappa shape index (κ1) is 13.8. The Bertz CT molecular complexity index is 540. The Hall–Kier alpha value is -2.62. The van der Waals surface area contributed by atoms with Crippen LogP contribution in [0.2, 0.25) is 0 Å². The van der Waals surface area contributed by atoms with E-state index >= 15 is 0 Å². The zero-order valence-corrected chi connectivity index (χ0v) is 11.0. The van der Waals surface area contributed by atoms with E-state index in [4.69, 9.17) is 10.00 Å². The van der Waals surface area contributed by atoms with E-state index in [-0.39, 0.29) is 23.7 Å². The number of aromatic nitrogens is 2. The molecule has 0 aromatic carbocycles. The van der Waals surface area contributed by atoms with Gasteiger partial charge in [-0.1, -0.05) is 6.08 Å². The SMILES string of the molecule is C=CCNC(=O)N1CCC(Oc2nccnc2C#N)C1. The summed E-state index contributed by atoms with van der Waals surface area (Å²) >= 11 is 0. The minimum absolute atomic E-state index is 0.143. The van der Waals surface area contributed by atoms with Gasteiger partial charge in [-0.15, -0.1) is 6.58 Å². The number of ether oxygens (including phenoxy) is 1. The van der Waals surface area contributed by atoms with Crippen molar-refractivity contribution in [2.24, 2.45) is 0 Å². The maximum atomic E-state index is 11.8. The molecule has 1 aromatic rings. The summed E-state index contributed by atoms with van der Waals surface area (Å²) in [5, 5.41) is 11.6. The molecule has 7 nitrogen and oxygen atoms in total. The normalized spacial score (nSPS) is 17.4. The molecule has 1 aliphatic heterocycles. The van der Waals surface area contributed by atoms with Crippen LogP contribution in [0, 0.1) is 11.3 Å². The fraction of sp³-hybridized carbons (Fsp3) is 0.385. The van der Waals surface area contributed by atoms with Crippen molar-refractivity contribution in [3.05, 3.63) is 30.7 Å². The Morgan fingerprint density at radius 2 is 2.45 bits per heavy atom. The molecule has 0 spiro atoms. The standard InChI is InChI=1S/C13H15N5O2/c1-2-4-17-13(19)18-7-3-10(9-18)20-12-11(8-14)15-5-6-16-12/h2,5-6,10H,1,3-4,7,9H2,(H,17,19). The van der Waals surface area contributed by atoms with Crippen LogP contribution in [0.1, 0.15) is 12.1 Å². The molecule has 0 aliphatic carbocycles. The lowest BCUT2D eigenvalue weighted by molar-refractivity contribution is 0.183. The number of hydrogen-bond acceptors (Lipinski definition) is 5. The molecule has 1 fully saturated rings. The highest BCUT2D eigenvalue weighted by Gasteiger charge is 2.28. The van der Waals surface area contributed by atoms with Crippen LogP contribution in [0.25, 0.3) is 0 Å². The van der Waals surface area contributed by atoms with E-state index in [0.29, 0.717) is 26.1 Å². The third-order valence-electron chi connectivity index (χ3n) is 2.88. The van der Waals surface area contributed by atoms with E-state index in [0.717, 1.165) is 0 Å². The minimum Gasteiger partial charge on any atom is -0.470 e. The average molecular weight is 273 g/mol. The summed E-state index contributed by atoms with van der Waals surface area (Å²) in [7, 11) is 0. The van der Waals surface area contributed by atoms with Gasteiger partial charge in [0.25, 0.3) is 5.88 Å². The fourth-order valence-corrected chi connectivity index (χ4v) is 1.93. The summed E-state index contributed by atoms with van der Waals surface area (Å²) < 4.78 is 5.64. The second-order valence-electron chi connectivity index (χ2n) is 4.27. The Morgan fingerprint density at radius 1 is 1.65 bits per heavy atom. The van der Waals surface area contributed by atoms with E-state index in [1.807, 2.05) is 6.07 Å². The summed E-state index contributed by atoms with van der Waals surface area (Å²) in [6.07, 6.45) is 5.06. The summed E-state index contributed by atoms with van der Waals surface area (Å²) in [6.45, 7) is 5.05. The maximum Gasteiger partial charge on any atom is 0.317 e. The van der Waals surface area contributed by atoms with Crippen molar-refractivity contribution in [1.82, 2.24) is 20.2 Å². The van der Waals surface area contributed by atoms with E-state index in [2.05, 4.69) is 21.9 Å². The Morgan fingerprint density at radius 3 is 3.20 bits per heavy atom. The van der Waals surface area contributed by atoms with Crippen molar-refractivity contribution >= 4 is 6.03 Å². The number of likely N-dealkylation sites (tertiary alicyclic amines) is 1. The van der Waals surface area contributed by atoms with Crippen LogP contribution in [0.15, 0.2) is 25.0 Å². The van der Waals surface area contributed by atoms with Gasteiger partial charge >= 0.3 is 6.03 Å². The van der Waals surface area contributed by atoms with Gasteiger partial charge in [-0.2, -0.15) is 5.26 Å². The summed E-state index contributed by atoms with van der Waals surface area (Å²) in [5.74, 6) is 0.216. The molecule has 1 atom stereocenters. The van der Waals surface area contributed by atoms with Crippen LogP contribution < -0.4 is 10.1 Å². The highest BCUT2D eigenvalue weighted by molar-refractivity contribution is 5.74. The largest absolute Gasteiger partial charge is 0.470 e. The van der Waals surface area contributed by atoms with Gasteiger partial charge in [-0.3, -0.25) is 0 Å². The van der Waals surface area contributed by atoms with Gasteiger partial charge in [-0.25, -0.2) is 14.8 Å². The topological polar surface area (TPSA) is 91.1 Å². The van der Waals surface area contributed by atoms with Crippen LogP contribution in [0.5, 0.6) is 5.88 Å². The Kier molecular flexibility index (Phi) is 4.50. The highest BCUT2D eigenvalue weighted by Crippen LogP contribution is 2.18. The molecular weight excluding hydrogens is 258 g/mol. The average Bonchev–Trinajstić information content (AvgIpc) is 2.94. The maximum absolute atomic E-state index is 11.8.